The van der Waals surface area contributed by atoms with Crippen molar-refractivity contribution in [1.29, 1.82) is 0 Å². The molecule has 0 aliphatic heterocycles. The highest BCUT2D eigenvalue weighted by Gasteiger charge is 2.14. The smallest absolute Gasteiger partial charge is 0.339 e. The first-order valence-corrected chi connectivity index (χ1v) is 8.84. The lowest BCUT2D eigenvalue weighted by Crippen LogP contribution is -2.17. The molecule has 0 atom stereocenters. The highest BCUT2D eigenvalue weighted by molar-refractivity contribution is 8.00. The molecule has 3 aromatic rings. The Morgan fingerprint density at radius 1 is 1.25 bits per heavy atom. The number of rotatable bonds is 5. The summed E-state index contributed by atoms with van der Waals surface area (Å²) in [5.74, 6) is -0.534. The van der Waals surface area contributed by atoms with Crippen LogP contribution in [-0.2, 0) is 9.53 Å². The Bertz CT molecular complexity index is 895. The van der Waals surface area contributed by atoms with Crippen LogP contribution in [0.25, 0.3) is 10.2 Å². The maximum Gasteiger partial charge on any atom is 0.339 e. The number of esters is 1. The van der Waals surface area contributed by atoms with Gasteiger partial charge in [-0.1, -0.05) is 23.9 Å². The molecule has 0 aliphatic rings. The predicted molar refractivity (Wildman–Crippen MR) is 94.6 cm³/mol. The molecule has 122 valence electrons. The second-order valence-corrected chi connectivity index (χ2v) is 6.57. The van der Waals surface area contributed by atoms with Gasteiger partial charge in [-0.3, -0.25) is 4.79 Å². The van der Waals surface area contributed by atoms with E-state index in [2.05, 4.69) is 15.3 Å². The monoisotopic (exact) mass is 359 g/mol. The molecule has 0 aliphatic carbocycles. The van der Waals surface area contributed by atoms with Crippen molar-refractivity contribution in [1.82, 2.24) is 9.97 Å². The van der Waals surface area contributed by atoms with Crippen molar-refractivity contribution >= 4 is 50.9 Å². The second-order valence-electron chi connectivity index (χ2n) is 4.69. The largest absolute Gasteiger partial charge is 0.465 e. The third kappa shape index (κ3) is 3.55. The van der Waals surface area contributed by atoms with Crippen molar-refractivity contribution in [3.63, 3.8) is 0 Å². The van der Waals surface area contributed by atoms with Crippen LogP contribution in [0.1, 0.15) is 10.4 Å². The van der Waals surface area contributed by atoms with E-state index in [1.54, 1.807) is 35.6 Å². The van der Waals surface area contributed by atoms with E-state index in [4.69, 9.17) is 4.74 Å². The maximum atomic E-state index is 12.2. The lowest BCUT2D eigenvalue weighted by molar-refractivity contribution is -0.113. The standard InChI is InChI=1S/C16H13N3O3S2/c1-22-16(21)10-4-2-3-5-11(10)19-13(20)8-24-15-14-12(6-7-23-14)17-9-18-15/h2-7,9H,8H2,1H3,(H,19,20). The Morgan fingerprint density at radius 3 is 2.92 bits per heavy atom. The van der Waals surface area contributed by atoms with Gasteiger partial charge in [0, 0.05) is 0 Å². The molecule has 24 heavy (non-hydrogen) atoms. The Balaban J connectivity index is 1.69. The minimum Gasteiger partial charge on any atom is -0.465 e. The predicted octanol–water partition coefficient (Wildman–Crippen LogP) is 3.21. The zero-order chi connectivity index (χ0) is 16.9. The normalized spacial score (nSPS) is 10.5. The molecule has 6 nitrogen and oxygen atoms in total. The molecule has 0 fully saturated rings. The first-order valence-electron chi connectivity index (χ1n) is 6.97. The van der Waals surface area contributed by atoms with E-state index >= 15 is 0 Å². The number of carbonyl (C=O) groups is 2. The van der Waals surface area contributed by atoms with Crippen molar-refractivity contribution < 1.29 is 14.3 Å². The Labute approximate surface area is 146 Å². The van der Waals surface area contributed by atoms with Crippen molar-refractivity contribution in [2.24, 2.45) is 0 Å². The molecule has 0 unspecified atom stereocenters. The van der Waals surface area contributed by atoms with Crippen LogP contribution < -0.4 is 5.32 Å². The SMILES string of the molecule is COC(=O)c1ccccc1NC(=O)CSc1ncnc2ccsc12. The van der Waals surface area contributed by atoms with Gasteiger partial charge in [0.15, 0.2) is 0 Å². The third-order valence-corrected chi connectivity index (χ3v) is 5.19. The molecule has 0 saturated carbocycles. The van der Waals surface area contributed by atoms with Gasteiger partial charge in [0.2, 0.25) is 5.91 Å². The summed E-state index contributed by atoms with van der Waals surface area (Å²) < 4.78 is 5.68. The maximum absolute atomic E-state index is 12.2. The molecular weight excluding hydrogens is 346 g/mol. The number of carbonyl (C=O) groups excluding carboxylic acids is 2. The molecule has 1 N–H and O–H groups in total. The Kier molecular flexibility index (Phi) is 5.07. The van der Waals surface area contributed by atoms with Gasteiger partial charge in [-0.25, -0.2) is 14.8 Å². The summed E-state index contributed by atoms with van der Waals surface area (Å²) in [6.45, 7) is 0. The summed E-state index contributed by atoms with van der Waals surface area (Å²) in [5, 5.41) is 5.45. The molecule has 2 aromatic heterocycles. The van der Waals surface area contributed by atoms with Gasteiger partial charge in [-0.05, 0) is 23.6 Å². The second kappa shape index (κ2) is 7.41. The highest BCUT2D eigenvalue weighted by atomic mass is 32.2. The summed E-state index contributed by atoms with van der Waals surface area (Å²) in [7, 11) is 1.30. The number of fused-ring (bicyclic) bond motifs is 1. The van der Waals surface area contributed by atoms with E-state index in [0.717, 1.165) is 15.2 Å². The van der Waals surface area contributed by atoms with E-state index in [9.17, 15) is 9.59 Å². The molecule has 1 amide bonds. The van der Waals surface area contributed by atoms with Crippen molar-refractivity contribution in [3.8, 4) is 0 Å². The lowest BCUT2D eigenvalue weighted by atomic mass is 10.2. The number of nitrogens with zero attached hydrogens (tertiary/aromatic N) is 2. The van der Waals surface area contributed by atoms with E-state index in [1.807, 2.05) is 11.4 Å². The molecule has 0 bridgehead atoms. The zero-order valence-corrected chi connectivity index (χ0v) is 14.3. The van der Waals surface area contributed by atoms with Crippen LogP contribution in [-0.4, -0.2) is 34.7 Å². The van der Waals surface area contributed by atoms with Crippen molar-refractivity contribution in [2.45, 2.75) is 5.03 Å². The molecule has 0 spiro atoms. The van der Waals surface area contributed by atoms with Gasteiger partial charge < -0.3 is 10.1 Å². The van der Waals surface area contributed by atoms with E-state index < -0.39 is 5.97 Å². The number of benzene rings is 1. The lowest BCUT2D eigenvalue weighted by Gasteiger charge is -2.09. The number of hydrogen-bond donors (Lipinski definition) is 1. The molecule has 0 radical (unpaired) electrons. The molecular formula is C16H13N3O3S2. The van der Waals surface area contributed by atoms with Gasteiger partial charge in [-0.15, -0.1) is 11.3 Å². The van der Waals surface area contributed by atoms with E-state index in [1.165, 1.54) is 25.2 Å². The van der Waals surface area contributed by atoms with Gasteiger partial charge in [0.25, 0.3) is 0 Å². The van der Waals surface area contributed by atoms with Gasteiger partial charge >= 0.3 is 5.97 Å². The average molecular weight is 359 g/mol. The summed E-state index contributed by atoms with van der Waals surface area (Å²) >= 11 is 2.87. The average Bonchev–Trinajstić information content (AvgIpc) is 3.09. The molecule has 0 saturated heterocycles. The number of ether oxygens (including phenoxy) is 1. The molecule has 2 heterocycles. The number of thiophene rings is 1. The number of anilines is 1. The van der Waals surface area contributed by atoms with Crippen LogP contribution in [0.3, 0.4) is 0 Å². The zero-order valence-electron chi connectivity index (χ0n) is 12.7. The highest BCUT2D eigenvalue weighted by Crippen LogP contribution is 2.28. The Morgan fingerprint density at radius 2 is 2.08 bits per heavy atom. The minimum absolute atomic E-state index is 0.180. The van der Waals surface area contributed by atoms with Gasteiger partial charge in [0.1, 0.15) is 11.4 Å². The van der Waals surface area contributed by atoms with Gasteiger partial charge in [-0.2, -0.15) is 0 Å². The number of thioether (sulfide) groups is 1. The number of amides is 1. The van der Waals surface area contributed by atoms with Crippen LogP contribution in [0.5, 0.6) is 0 Å². The fourth-order valence-corrected chi connectivity index (χ4v) is 3.82. The third-order valence-electron chi connectivity index (χ3n) is 3.16. The van der Waals surface area contributed by atoms with Crippen molar-refractivity contribution in [2.75, 3.05) is 18.2 Å². The van der Waals surface area contributed by atoms with Crippen LogP contribution >= 0.6 is 23.1 Å². The van der Waals surface area contributed by atoms with Crippen LogP contribution in [0, 0.1) is 0 Å². The van der Waals surface area contributed by atoms with E-state index in [0.29, 0.717) is 11.3 Å². The summed E-state index contributed by atoms with van der Waals surface area (Å²) in [6, 6.07) is 8.64. The summed E-state index contributed by atoms with van der Waals surface area (Å²) in [5.41, 5.74) is 1.62. The number of methoxy groups -OCH3 is 1. The number of hydrogen-bond acceptors (Lipinski definition) is 7. The van der Waals surface area contributed by atoms with Crippen molar-refractivity contribution in [3.05, 3.63) is 47.6 Å². The topological polar surface area (TPSA) is 81.2 Å². The molecule has 1 aromatic carbocycles. The number of aromatic nitrogens is 2. The number of nitrogens with one attached hydrogen (secondary N) is 1. The molecule has 8 heteroatoms. The first kappa shape index (κ1) is 16.4. The minimum atomic E-state index is -0.491. The Hall–Kier alpha value is -2.45. The number of para-hydroxylation sites is 1. The van der Waals surface area contributed by atoms with Crippen LogP contribution in [0.2, 0.25) is 0 Å². The fourth-order valence-electron chi connectivity index (χ4n) is 2.07. The summed E-state index contributed by atoms with van der Waals surface area (Å²) in [4.78, 5) is 32.3. The van der Waals surface area contributed by atoms with Gasteiger partial charge in [0.05, 0.1) is 34.3 Å². The molecule has 3 rings (SSSR count). The first-order chi connectivity index (χ1) is 11.7. The van der Waals surface area contributed by atoms with E-state index in [-0.39, 0.29) is 11.7 Å². The van der Waals surface area contributed by atoms with Crippen LogP contribution in [0.4, 0.5) is 5.69 Å². The quantitative estimate of drug-likeness (QED) is 0.428. The van der Waals surface area contributed by atoms with Crippen LogP contribution in [0.15, 0.2) is 47.1 Å². The fraction of sp³-hybridized carbons (Fsp3) is 0.125. The summed E-state index contributed by atoms with van der Waals surface area (Å²) in [6.07, 6.45) is 1.49.